The summed E-state index contributed by atoms with van der Waals surface area (Å²) in [4.78, 5) is 28.4. The van der Waals surface area contributed by atoms with Gasteiger partial charge in [-0.2, -0.15) is 0 Å². The SMILES string of the molecule is CC[C@H](C)NC(=O)NC(=O)CN(Cc1cccs1)Cc1cccs1. The van der Waals surface area contributed by atoms with Crippen LogP contribution in [-0.2, 0) is 17.9 Å². The quantitative estimate of drug-likeness (QED) is 0.753. The van der Waals surface area contributed by atoms with Crippen LogP contribution in [0, 0.1) is 0 Å². The smallest absolute Gasteiger partial charge is 0.321 e. The highest BCUT2D eigenvalue weighted by atomic mass is 32.1. The summed E-state index contributed by atoms with van der Waals surface area (Å²) >= 11 is 3.33. The fourth-order valence-corrected chi connectivity index (χ4v) is 3.64. The van der Waals surface area contributed by atoms with Crippen LogP contribution < -0.4 is 10.6 Å². The van der Waals surface area contributed by atoms with E-state index in [-0.39, 0.29) is 18.5 Å². The molecule has 2 rings (SSSR count). The Bertz CT molecular complexity index is 590. The van der Waals surface area contributed by atoms with Crippen molar-refractivity contribution < 1.29 is 9.59 Å². The van der Waals surface area contributed by atoms with Gasteiger partial charge in [-0.05, 0) is 36.2 Å². The molecule has 7 heteroatoms. The summed E-state index contributed by atoms with van der Waals surface area (Å²) in [5, 5.41) is 9.20. The summed E-state index contributed by atoms with van der Waals surface area (Å²) in [5.74, 6) is -0.288. The van der Waals surface area contributed by atoms with Gasteiger partial charge in [-0.1, -0.05) is 19.1 Å². The number of thiophene rings is 2. The fourth-order valence-electron chi connectivity index (χ4n) is 2.14. The Kier molecular flexibility index (Phi) is 7.42. The molecule has 0 aromatic carbocycles. The van der Waals surface area contributed by atoms with Gasteiger partial charge in [0.2, 0.25) is 5.91 Å². The number of carbonyl (C=O) groups excluding carboxylic acids is 2. The minimum absolute atomic E-state index is 0.0474. The predicted molar refractivity (Wildman–Crippen MR) is 99.2 cm³/mol. The van der Waals surface area contributed by atoms with Gasteiger partial charge in [-0.3, -0.25) is 15.0 Å². The lowest BCUT2D eigenvalue weighted by Gasteiger charge is -2.20. The number of rotatable bonds is 8. The molecule has 2 N–H and O–H groups in total. The lowest BCUT2D eigenvalue weighted by Crippen LogP contribution is -2.46. The Morgan fingerprint density at radius 2 is 1.71 bits per heavy atom. The van der Waals surface area contributed by atoms with Gasteiger partial charge in [-0.15, -0.1) is 22.7 Å². The van der Waals surface area contributed by atoms with Crippen LogP contribution >= 0.6 is 22.7 Å². The molecule has 2 aromatic rings. The van der Waals surface area contributed by atoms with E-state index in [1.165, 1.54) is 9.75 Å². The number of nitrogens with zero attached hydrogens (tertiary/aromatic N) is 1. The number of hydrogen-bond donors (Lipinski definition) is 2. The zero-order valence-corrected chi connectivity index (χ0v) is 15.6. The molecular formula is C17H23N3O2S2. The summed E-state index contributed by atoms with van der Waals surface area (Å²) < 4.78 is 0. The molecule has 0 aliphatic heterocycles. The maximum Gasteiger partial charge on any atom is 0.321 e. The van der Waals surface area contributed by atoms with Gasteiger partial charge in [0.15, 0.2) is 0 Å². The first kappa shape index (κ1) is 18.6. The van der Waals surface area contributed by atoms with E-state index in [4.69, 9.17) is 0 Å². The predicted octanol–water partition coefficient (Wildman–Crippen LogP) is 3.44. The standard InChI is InChI=1S/C17H23N3O2S2/c1-3-13(2)18-17(22)19-16(21)12-20(10-14-6-4-8-23-14)11-15-7-5-9-24-15/h4-9,13H,3,10-12H2,1-2H3,(H2,18,19,21,22)/t13-/m0/s1. The van der Waals surface area contributed by atoms with Gasteiger partial charge in [0.05, 0.1) is 6.54 Å². The van der Waals surface area contributed by atoms with E-state index < -0.39 is 6.03 Å². The Hall–Kier alpha value is -1.70. The van der Waals surface area contributed by atoms with Crippen molar-refractivity contribution in [1.82, 2.24) is 15.5 Å². The van der Waals surface area contributed by atoms with Crippen LogP contribution in [0.4, 0.5) is 4.79 Å². The van der Waals surface area contributed by atoms with Crippen molar-refractivity contribution in [2.24, 2.45) is 0 Å². The monoisotopic (exact) mass is 365 g/mol. The summed E-state index contributed by atoms with van der Waals surface area (Å²) in [6, 6.07) is 7.73. The van der Waals surface area contributed by atoms with Gasteiger partial charge in [0.25, 0.3) is 0 Å². The highest BCUT2D eigenvalue weighted by Gasteiger charge is 2.16. The van der Waals surface area contributed by atoms with Crippen molar-refractivity contribution in [3.8, 4) is 0 Å². The van der Waals surface area contributed by atoms with Gasteiger partial charge in [-0.25, -0.2) is 4.79 Å². The molecule has 2 aromatic heterocycles. The first-order valence-corrected chi connectivity index (χ1v) is 9.70. The van der Waals surface area contributed by atoms with E-state index in [2.05, 4.69) is 22.8 Å². The molecule has 0 fully saturated rings. The zero-order valence-electron chi connectivity index (χ0n) is 14.0. The van der Waals surface area contributed by atoms with E-state index in [0.29, 0.717) is 13.1 Å². The third-order valence-electron chi connectivity index (χ3n) is 3.53. The van der Waals surface area contributed by atoms with Gasteiger partial charge < -0.3 is 5.32 Å². The first-order chi connectivity index (χ1) is 11.6. The summed E-state index contributed by atoms with van der Waals surface area (Å²) in [6.07, 6.45) is 0.824. The molecule has 0 radical (unpaired) electrons. The Morgan fingerprint density at radius 1 is 1.12 bits per heavy atom. The average Bonchev–Trinajstić information content (AvgIpc) is 3.20. The van der Waals surface area contributed by atoms with Crippen LogP contribution in [0.3, 0.4) is 0 Å². The zero-order chi connectivity index (χ0) is 17.4. The number of nitrogens with one attached hydrogen (secondary N) is 2. The molecule has 3 amide bonds. The number of carbonyl (C=O) groups is 2. The van der Waals surface area contributed by atoms with Gasteiger partial charge >= 0.3 is 6.03 Å². The van der Waals surface area contributed by atoms with Crippen molar-refractivity contribution in [1.29, 1.82) is 0 Å². The maximum atomic E-state index is 12.2. The second-order valence-corrected chi connectivity index (χ2v) is 7.70. The molecule has 0 unspecified atom stereocenters. The molecule has 0 spiro atoms. The van der Waals surface area contributed by atoms with E-state index >= 15 is 0 Å². The van der Waals surface area contributed by atoms with Crippen molar-refractivity contribution in [3.05, 3.63) is 44.8 Å². The third kappa shape index (κ3) is 6.43. The highest BCUT2D eigenvalue weighted by molar-refractivity contribution is 7.10. The Morgan fingerprint density at radius 3 is 2.17 bits per heavy atom. The molecule has 0 bridgehead atoms. The molecule has 0 saturated carbocycles. The molecule has 0 aliphatic carbocycles. The van der Waals surface area contributed by atoms with E-state index in [1.54, 1.807) is 22.7 Å². The van der Waals surface area contributed by atoms with Crippen LogP contribution in [0.1, 0.15) is 30.0 Å². The summed E-state index contributed by atoms with van der Waals surface area (Å²) in [6.45, 7) is 5.45. The number of amides is 3. The fraction of sp³-hybridized carbons (Fsp3) is 0.412. The molecule has 1 atom stereocenters. The van der Waals surface area contributed by atoms with Crippen LogP contribution in [0.5, 0.6) is 0 Å². The van der Waals surface area contributed by atoms with Gasteiger partial charge in [0.1, 0.15) is 0 Å². The highest BCUT2D eigenvalue weighted by Crippen LogP contribution is 2.16. The number of imide groups is 1. The Labute approximate surface area is 150 Å². The van der Waals surface area contributed by atoms with E-state index in [0.717, 1.165) is 6.42 Å². The normalized spacial score (nSPS) is 12.1. The number of hydrogen-bond acceptors (Lipinski definition) is 5. The summed E-state index contributed by atoms with van der Waals surface area (Å²) in [7, 11) is 0. The van der Waals surface area contributed by atoms with Crippen molar-refractivity contribution in [3.63, 3.8) is 0 Å². The van der Waals surface area contributed by atoms with Crippen molar-refractivity contribution in [2.75, 3.05) is 6.54 Å². The molecule has 5 nitrogen and oxygen atoms in total. The van der Waals surface area contributed by atoms with Crippen LogP contribution in [0.25, 0.3) is 0 Å². The van der Waals surface area contributed by atoms with Crippen LogP contribution in [-0.4, -0.2) is 29.4 Å². The maximum absolute atomic E-state index is 12.2. The topological polar surface area (TPSA) is 61.4 Å². The molecule has 2 heterocycles. The largest absolute Gasteiger partial charge is 0.335 e. The van der Waals surface area contributed by atoms with Crippen LogP contribution in [0.15, 0.2) is 35.0 Å². The third-order valence-corrected chi connectivity index (χ3v) is 5.25. The number of urea groups is 1. The minimum atomic E-state index is -0.429. The lowest BCUT2D eigenvalue weighted by molar-refractivity contribution is -0.121. The molecule has 130 valence electrons. The molecule has 24 heavy (non-hydrogen) atoms. The van der Waals surface area contributed by atoms with Crippen molar-refractivity contribution >= 4 is 34.6 Å². The minimum Gasteiger partial charge on any atom is -0.335 e. The molecule has 0 aliphatic rings. The Balaban J connectivity index is 1.91. The van der Waals surface area contributed by atoms with Crippen molar-refractivity contribution in [2.45, 2.75) is 39.4 Å². The molecular weight excluding hydrogens is 342 g/mol. The molecule has 0 saturated heterocycles. The average molecular weight is 366 g/mol. The van der Waals surface area contributed by atoms with Crippen LogP contribution in [0.2, 0.25) is 0 Å². The van der Waals surface area contributed by atoms with E-state index in [9.17, 15) is 9.59 Å². The second-order valence-electron chi connectivity index (χ2n) is 5.63. The summed E-state index contributed by atoms with van der Waals surface area (Å²) in [5.41, 5.74) is 0. The first-order valence-electron chi connectivity index (χ1n) is 7.94. The second kappa shape index (κ2) is 9.56. The van der Waals surface area contributed by atoms with Gasteiger partial charge in [0, 0.05) is 28.9 Å². The van der Waals surface area contributed by atoms with E-state index in [1.807, 2.05) is 41.6 Å². The lowest BCUT2D eigenvalue weighted by atomic mass is 10.3.